The van der Waals surface area contributed by atoms with E-state index >= 15 is 0 Å². The molecule has 1 N–H and O–H groups in total. The fourth-order valence-corrected chi connectivity index (χ4v) is 2.96. The molecule has 0 aliphatic heterocycles. The summed E-state index contributed by atoms with van der Waals surface area (Å²) in [6, 6.07) is 18.0. The quantitative estimate of drug-likeness (QED) is 0.756. The van der Waals surface area contributed by atoms with E-state index in [0.717, 1.165) is 22.8 Å². The lowest BCUT2D eigenvalue weighted by Gasteiger charge is -2.09. The summed E-state index contributed by atoms with van der Waals surface area (Å²) in [6.45, 7) is 0.506. The van der Waals surface area contributed by atoms with Crippen molar-refractivity contribution in [2.45, 2.75) is 18.7 Å². The Kier molecular flexibility index (Phi) is 6.84. The molecule has 3 nitrogen and oxygen atoms in total. The van der Waals surface area contributed by atoms with Gasteiger partial charge >= 0.3 is 0 Å². The first kappa shape index (κ1) is 16.4. The van der Waals surface area contributed by atoms with Crippen molar-refractivity contribution < 1.29 is 9.53 Å². The molecule has 0 aliphatic rings. The number of methoxy groups -OCH3 is 1. The van der Waals surface area contributed by atoms with E-state index in [0.29, 0.717) is 13.0 Å². The highest BCUT2D eigenvalue weighted by Crippen LogP contribution is 2.17. The Balaban J connectivity index is 1.66. The molecule has 2 rings (SSSR count). The van der Waals surface area contributed by atoms with Crippen molar-refractivity contribution in [3.05, 3.63) is 65.7 Å². The highest BCUT2D eigenvalue weighted by Gasteiger charge is 2.05. The molecule has 0 atom stereocenters. The van der Waals surface area contributed by atoms with Crippen LogP contribution in [-0.4, -0.2) is 18.8 Å². The molecule has 4 heteroatoms. The maximum absolute atomic E-state index is 11.9. The van der Waals surface area contributed by atoms with Gasteiger partial charge in [0.1, 0.15) is 5.75 Å². The number of hydrogen-bond donors (Lipinski definition) is 1. The van der Waals surface area contributed by atoms with Crippen molar-refractivity contribution >= 4 is 17.7 Å². The molecule has 0 bridgehead atoms. The fourth-order valence-electron chi connectivity index (χ4n) is 2.06. The van der Waals surface area contributed by atoms with Crippen LogP contribution in [0.2, 0.25) is 0 Å². The Labute approximate surface area is 136 Å². The Morgan fingerprint density at radius 3 is 2.59 bits per heavy atom. The van der Waals surface area contributed by atoms with Crippen LogP contribution in [0, 0.1) is 0 Å². The first-order valence-electron chi connectivity index (χ1n) is 7.30. The topological polar surface area (TPSA) is 38.3 Å². The second-order valence-corrected chi connectivity index (χ2v) is 5.98. The van der Waals surface area contributed by atoms with Crippen molar-refractivity contribution in [1.29, 1.82) is 0 Å². The molecule has 0 radical (unpaired) electrons. The smallest absolute Gasteiger partial charge is 0.221 e. The summed E-state index contributed by atoms with van der Waals surface area (Å²) in [5.74, 6) is 2.65. The average molecular weight is 315 g/mol. The Hall–Kier alpha value is -1.94. The summed E-state index contributed by atoms with van der Waals surface area (Å²) in [5.41, 5.74) is 2.29. The van der Waals surface area contributed by atoms with Gasteiger partial charge in [0.05, 0.1) is 7.11 Å². The van der Waals surface area contributed by atoms with Crippen LogP contribution >= 0.6 is 11.8 Å². The zero-order valence-corrected chi connectivity index (χ0v) is 13.6. The second kappa shape index (κ2) is 9.15. The van der Waals surface area contributed by atoms with Gasteiger partial charge in [-0.25, -0.2) is 0 Å². The Morgan fingerprint density at radius 2 is 1.82 bits per heavy atom. The molecule has 0 aromatic heterocycles. The molecule has 0 unspecified atom stereocenters. The Morgan fingerprint density at radius 1 is 1.09 bits per heavy atom. The van der Waals surface area contributed by atoms with Crippen LogP contribution in [0.25, 0.3) is 0 Å². The number of benzene rings is 2. The zero-order chi connectivity index (χ0) is 15.6. The van der Waals surface area contributed by atoms with Crippen LogP contribution in [0.15, 0.2) is 54.6 Å². The predicted molar refractivity (Wildman–Crippen MR) is 92.1 cm³/mol. The number of rotatable bonds is 8. The van der Waals surface area contributed by atoms with E-state index in [-0.39, 0.29) is 5.91 Å². The van der Waals surface area contributed by atoms with Crippen LogP contribution in [0.4, 0.5) is 0 Å². The lowest BCUT2D eigenvalue weighted by Crippen LogP contribution is -2.23. The third-order valence-corrected chi connectivity index (χ3v) is 4.28. The van der Waals surface area contributed by atoms with Crippen molar-refractivity contribution in [3.63, 3.8) is 0 Å². The molecule has 0 saturated heterocycles. The monoisotopic (exact) mass is 315 g/mol. The van der Waals surface area contributed by atoms with Gasteiger partial charge in [-0.1, -0.05) is 48.5 Å². The summed E-state index contributed by atoms with van der Waals surface area (Å²) < 4.78 is 5.27. The molecule has 0 spiro atoms. The number of ether oxygens (including phenoxy) is 1. The van der Waals surface area contributed by atoms with Gasteiger partial charge in [0.2, 0.25) is 5.91 Å². The van der Waals surface area contributed by atoms with Crippen molar-refractivity contribution in [2.24, 2.45) is 0 Å². The van der Waals surface area contributed by atoms with Gasteiger partial charge in [0.25, 0.3) is 0 Å². The minimum atomic E-state index is 0.0754. The van der Waals surface area contributed by atoms with E-state index < -0.39 is 0 Å². The van der Waals surface area contributed by atoms with E-state index in [1.807, 2.05) is 42.5 Å². The van der Waals surface area contributed by atoms with Crippen LogP contribution in [0.5, 0.6) is 5.75 Å². The molecule has 116 valence electrons. The number of hydrogen-bond acceptors (Lipinski definition) is 3. The number of para-hydroxylation sites is 1. The first-order chi connectivity index (χ1) is 10.8. The number of amides is 1. The molecule has 0 saturated carbocycles. The molecule has 22 heavy (non-hydrogen) atoms. The van der Waals surface area contributed by atoms with Crippen LogP contribution < -0.4 is 10.1 Å². The third-order valence-electron chi connectivity index (χ3n) is 3.25. The Bertz CT molecular complexity index is 587. The maximum atomic E-state index is 11.9. The standard InChI is InChI=1S/C18H21NO2S/c1-21-17-10-6-5-9-16(17)13-19-18(20)11-12-22-14-15-7-3-2-4-8-15/h2-10H,11-14H2,1H3,(H,19,20). The van der Waals surface area contributed by atoms with Crippen molar-refractivity contribution in [1.82, 2.24) is 5.32 Å². The minimum absolute atomic E-state index is 0.0754. The minimum Gasteiger partial charge on any atom is -0.496 e. The molecule has 0 aliphatic carbocycles. The zero-order valence-electron chi connectivity index (χ0n) is 12.7. The lowest BCUT2D eigenvalue weighted by molar-refractivity contribution is -0.120. The summed E-state index contributed by atoms with van der Waals surface area (Å²) >= 11 is 1.78. The lowest BCUT2D eigenvalue weighted by atomic mass is 10.2. The highest BCUT2D eigenvalue weighted by molar-refractivity contribution is 7.98. The summed E-state index contributed by atoms with van der Waals surface area (Å²) in [5, 5.41) is 2.94. The van der Waals surface area contributed by atoms with Gasteiger partial charge < -0.3 is 10.1 Å². The summed E-state index contributed by atoms with van der Waals surface area (Å²) in [6.07, 6.45) is 0.534. The summed E-state index contributed by atoms with van der Waals surface area (Å²) in [7, 11) is 1.64. The number of carbonyl (C=O) groups is 1. The third kappa shape index (κ3) is 5.45. The number of nitrogens with one attached hydrogen (secondary N) is 1. The predicted octanol–water partition coefficient (Wildman–Crippen LogP) is 3.63. The molecule has 0 heterocycles. The normalized spacial score (nSPS) is 10.2. The van der Waals surface area contributed by atoms with E-state index in [9.17, 15) is 4.79 Å². The molecule has 0 fully saturated rings. The van der Waals surface area contributed by atoms with Crippen LogP contribution in [0.1, 0.15) is 17.5 Å². The largest absolute Gasteiger partial charge is 0.496 e. The summed E-state index contributed by atoms with van der Waals surface area (Å²) in [4.78, 5) is 11.9. The fraction of sp³-hybridized carbons (Fsp3) is 0.278. The van der Waals surface area contributed by atoms with Crippen LogP contribution in [0.3, 0.4) is 0 Å². The number of carbonyl (C=O) groups excluding carboxylic acids is 1. The van der Waals surface area contributed by atoms with Crippen molar-refractivity contribution in [3.8, 4) is 5.75 Å². The van der Waals surface area contributed by atoms with E-state index in [1.54, 1.807) is 18.9 Å². The van der Waals surface area contributed by atoms with Gasteiger partial charge in [-0.2, -0.15) is 11.8 Å². The van der Waals surface area contributed by atoms with E-state index in [1.165, 1.54) is 5.56 Å². The molecule has 1 amide bonds. The van der Waals surface area contributed by atoms with E-state index in [2.05, 4.69) is 17.4 Å². The maximum Gasteiger partial charge on any atom is 0.221 e. The number of thioether (sulfide) groups is 1. The average Bonchev–Trinajstić information content (AvgIpc) is 2.58. The van der Waals surface area contributed by atoms with Crippen LogP contribution in [-0.2, 0) is 17.1 Å². The SMILES string of the molecule is COc1ccccc1CNC(=O)CCSCc1ccccc1. The molecular weight excluding hydrogens is 294 g/mol. The van der Waals surface area contributed by atoms with Crippen molar-refractivity contribution in [2.75, 3.05) is 12.9 Å². The van der Waals surface area contributed by atoms with Gasteiger partial charge in [-0.3, -0.25) is 4.79 Å². The second-order valence-electron chi connectivity index (χ2n) is 4.88. The van der Waals surface area contributed by atoms with Gasteiger partial charge in [-0.15, -0.1) is 0 Å². The molecule has 2 aromatic rings. The van der Waals surface area contributed by atoms with Gasteiger partial charge in [0.15, 0.2) is 0 Å². The molecular formula is C18H21NO2S. The highest BCUT2D eigenvalue weighted by atomic mass is 32.2. The first-order valence-corrected chi connectivity index (χ1v) is 8.45. The molecule has 2 aromatic carbocycles. The van der Waals surface area contributed by atoms with E-state index in [4.69, 9.17) is 4.74 Å². The van der Waals surface area contributed by atoms with Gasteiger partial charge in [-0.05, 0) is 11.6 Å². The van der Waals surface area contributed by atoms with Gasteiger partial charge in [0, 0.05) is 30.0 Å².